The van der Waals surface area contributed by atoms with Gasteiger partial charge in [-0.05, 0) is 17.9 Å². The number of anilines is 1. The zero-order valence-electron chi connectivity index (χ0n) is 10.2. The largest absolute Gasteiger partial charge is 0.346 e. The van der Waals surface area contributed by atoms with Gasteiger partial charge in [0.05, 0.1) is 18.7 Å². The summed E-state index contributed by atoms with van der Waals surface area (Å²) >= 11 is 1.09. The lowest BCUT2D eigenvalue weighted by Crippen LogP contribution is -2.33. The summed E-state index contributed by atoms with van der Waals surface area (Å²) in [7, 11) is 1.46. The summed E-state index contributed by atoms with van der Waals surface area (Å²) in [5.41, 5.74) is 1.62. The number of fused-ring (bicyclic) bond motifs is 1. The monoisotopic (exact) mass is 266 g/mol. The van der Waals surface area contributed by atoms with Crippen molar-refractivity contribution in [3.05, 3.63) is 29.8 Å². The van der Waals surface area contributed by atoms with Gasteiger partial charge in [0.1, 0.15) is 0 Å². The standard InChI is InChI=1S/C12H14N2O3S/c1-17-14-10-6-4-3-5-8(10)9(11(14)15)7-13-12(16)18-2/h3-6,9H,7H2,1-2H3,(H,13,16). The Morgan fingerprint density at radius 2 is 2.22 bits per heavy atom. The second-order valence-electron chi connectivity index (χ2n) is 3.80. The number of amides is 2. The minimum absolute atomic E-state index is 0.142. The number of carbonyl (C=O) groups excluding carboxylic acids is 2. The number of thioether (sulfide) groups is 1. The molecule has 0 saturated heterocycles. The van der Waals surface area contributed by atoms with Gasteiger partial charge in [-0.2, -0.15) is 5.06 Å². The molecule has 1 heterocycles. The molecule has 1 aromatic carbocycles. The molecule has 0 radical (unpaired) electrons. The Hall–Kier alpha value is -1.53. The lowest BCUT2D eigenvalue weighted by atomic mass is 10.0. The zero-order chi connectivity index (χ0) is 13.1. The molecule has 2 rings (SSSR count). The van der Waals surface area contributed by atoms with Crippen LogP contribution in [0.5, 0.6) is 0 Å². The third-order valence-corrected chi connectivity index (χ3v) is 3.36. The molecule has 6 heteroatoms. The molecule has 0 saturated carbocycles. The van der Waals surface area contributed by atoms with Crippen molar-refractivity contribution in [2.24, 2.45) is 0 Å². The van der Waals surface area contributed by atoms with E-state index in [4.69, 9.17) is 4.84 Å². The second-order valence-corrected chi connectivity index (χ2v) is 4.58. The lowest BCUT2D eigenvalue weighted by molar-refractivity contribution is -0.125. The molecule has 0 fully saturated rings. The van der Waals surface area contributed by atoms with Gasteiger partial charge in [-0.15, -0.1) is 0 Å². The molecule has 5 nitrogen and oxygen atoms in total. The Labute approximate surface area is 109 Å². The fourth-order valence-electron chi connectivity index (χ4n) is 2.00. The van der Waals surface area contributed by atoms with Gasteiger partial charge in [-0.1, -0.05) is 30.0 Å². The highest BCUT2D eigenvalue weighted by Crippen LogP contribution is 2.36. The van der Waals surface area contributed by atoms with E-state index in [1.165, 1.54) is 12.2 Å². The van der Waals surface area contributed by atoms with Crippen molar-refractivity contribution in [3.63, 3.8) is 0 Å². The normalized spacial score (nSPS) is 17.8. The summed E-state index contributed by atoms with van der Waals surface area (Å²) in [6, 6.07) is 7.42. The van der Waals surface area contributed by atoms with E-state index in [9.17, 15) is 9.59 Å². The number of hydroxylamine groups is 1. The Balaban J connectivity index is 2.21. The molecule has 0 aromatic heterocycles. The van der Waals surface area contributed by atoms with Crippen LogP contribution in [0.1, 0.15) is 11.5 Å². The van der Waals surface area contributed by atoms with Gasteiger partial charge in [0, 0.05) is 6.54 Å². The Kier molecular flexibility index (Phi) is 3.88. The highest BCUT2D eigenvalue weighted by atomic mass is 32.2. The van der Waals surface area contributed by atoms with Crippen molar-refractivity contribution >= 4 is 28.6 Å². The first kappa shape index (κ1) is 12.9. The summed E-state index contributed by atoms with van der Waals surface area (Å²) in [5, 5.41) is 3.84. The van der Waals surface area contributed by atoms with E-state index < -0.39 is 0 Å². The van der Waals surface area contributed by atoms with Crippen molar-refractivity contribution in [3.8, 4) is 0 Å². The summed E-state index contributed by atoms with van der Waals surface area (Å²) in [6.45, 7) is 0.287. The second kappa shape index (κ2) is 5.41. The number of nitrogens with zero attached hydrogens (tertiary/aromatic N) is 1. The van der Waals surface area contributed by atoms with E-state index in [0.29, 0.717) is 0 Å². The molecule has 2 amide bonds. The first-order valence-corrected chi connectivity index (χ1v) is 6.70. The van der Waals surface area contributed by atoms with Crippen LogP contribution in [0, 0.1) is 0 Å². The maximum Gasteiger partial charge on any atom is 0.278 e. The van der Waals surface area contributed by atoms with Gasteiger partial charge in [-0.3, -0.25) is 14.4 Å². The molecular weight excluding hydrogens is 252 g/mol. The van der Waals surface area contributed by atoms with E-state index >= 15 is 0 Å². The van der Waals surface area contributed by atoms with E-state index in [0.717, 1.165) is 23.0 Å². The van der Waals surface area contributed by atoms with Crippen LogP contribution in [0.4, 0.5) is 10.5 Å². The van der Waals surface area contributed by atoms with Crippen LogP contribution < -0.4 is 10.4 Å². The number of benzene rings is 1. The van der Waals surface area contributed by atoms with Crippen LogP contribution in [0.25, 0.3) is 0 Å². The van der Waals surface area contributed by atoms with Crippen molar-refractivity contribution < 1.29 is 14.4 Å². The number of rotatable bonds is 3. The highest BCUT2D eigenvalue weighted by Gasteiger charge is 2.37. The molecular formula is C12H14N2O3S. The maximum atomic E-state index is 12.1. The Morgan fingerprint density at radius 3 is 2.89 bits per heavy atom. The highest BCUT2D eigenvalue weighted by molar-refractivity contribution is 8.12. The van der Waals surface area contributed by atoms with Gasteiger partial charge in [0.15, 0.2) is 0 Å². The van der Waals surface area contributed by atoms with Gasteiger partial charge in [0.25, 0.3) is 11.1 Å². The van der Waals surface area contributed by atoms with Crippen LogP contribution in [0.15, 0.2) is 24.3 Å². The molecule has 0 spiro atoms. The molecule has 1 aliphatic rings. The third kappa shape index (κ3) is 2.21. The number of hydrogen-bond acceptors (Lipinski definition) is 4. The molecule has 96 valence electrons. The molecule has 1 atom stereocenters. The van der Waals surface area contributed by atoms with Gasteiger partial charge >= 0.3 is 0 Å². The predicted molar refractivity (Wildman–Crippen MR) is 70.6 cm³/mol. The average molecular weight is 266 g/mol. The van der Waals surface area contributed by atoms with Gasteiger partial charge in [0.2, 0.25) is 0 Å². The average Bonchev–Trinajstić information content (AvgIpc) is 2.67. The maximum absolute atomic E-state index is 12.1. The van der Waals surface area contributed by atoms with Crippen molar-refractivity contribution in [2.45, 2.75) is 5.92 Å². The molecule has 1 aliphatic heterocycles. The van der Waals surface area contributed by atoms with E-state index in [1.807, 2.05) is 24.3 Å². The Morgan fingerprint density at radius 1 is 1.50 bits per heavy atom. The first-order valence-electron chi connectivity index (χ1n) is 5.48. The van der Waals surface area contributed by atoms with Crippen LogP contribution in [-0.4, -0.2) is 31.1 Å². The first-order chi connectivity index (χ1) is 8.69. The lowest BCUT2D eigenvalue weighted by Gasteiger charge is -2.14. The van der Waals surface area contributed by atoms with E-state index in [-0.39, 0.29) is 23.6 Å². The van der Waals surface area contributed by atoms with E-state index in [2.05, 4.69) is 5.32 Å². The molecule has 1 aromatic rings. The summed E-state index contributed by atoms with van der Waals surface area (Å²) < 4.78 is 0. The van der Waals surface area contributed by atoms with Crippen molar-refractivity contribution in [1.29, 1.82) is 0 Å². The van der Waals surface area contributed by atoms with Gasteiger partial charge in [-0.25, -0.2) is 0 Å². The fourth-order valence-corrected chi connectivity index (χ4v) is 2.23. The van der Waals surface area contributed by atoms with Crippen LogP contribution in [0.2, 0.25) is 0 Å². The number of nitrogens with one attached hydrogen (secondary N) is 1. The summed E-state index contributed by atoms with van der Waals surface area (Å²) in [6.07, 6.45) is 1.70. The quantitative estimate of drug-likeness (QED) is 0.905. The topological polar surface area (TPSA) is 58.6 Å². The SMILES string of the molecule is CON1C(=O)C(CNC(=O)SC)c2ccccc21. The number of carbonyl (C=O) groups is 2. The zero-order valence-corrected chi connectivity index (χ0v) is 11.0. The predicted octanol–water partition coefficient (Wildman–Crippen LogP) is 1.75. The van der Waals surface area contributed by atoms with Gasteiger partial charge < -0.3 is 5.32 Å². The van der Waals surface area contributed by atoms with E-state index in [1.54, 1.807) is 6.26 Å². The van der Waals surface area contributed by atoms with Crippen LogP contribution in [0.3, 0.4) is 0 Å². The summed E-state index contributed by atoms with van der Waals surface area (Å²) in [5.74, 6) is -0.530. The molecule has 0 bridgehead atoms. The van der Waals surface area contributed by atoms with Crippen molar-refractivity contribution in [1.82, 2.24) is 5.32 Å². The van der Waals surface area contributed by atoms with Crippen LogP contribution >= 0.6 is 11.8 Å². The summed E-state index contributed by atoms with van der Waals surface area (Å²) in [4.78, 5) is 28.5. The molecule has 1 N–H and O–H groups in total. The van der Waals surface area contributed by atoms with Crippen molar-refractivity contribution in [2.75, 3.05) is 25.0 Å². The number of hydrogen-bond donors (Lipinski definition) is 1. The molecule has 0 aliphatic carbocycles. The Bertz CT molecular complexity index is 478. The van der Waals surface area contributed by atoms with Crippen LogP contribution in [-0.2, 0) is 9.63 Å². The number of para-hydroxylation sites is 1. The minimum Gasteiger partial charge on any atom is -0.346 e. The fraction of sp³-hybridized carbons (Fsp3) is 0.333. The smallest absolute Gasteiger partial charge is 0.278 e. The molecule has 18 heavy (non-hydrogen) atoms. The minimum atomic E-state index is -0.378. The molecule has 1 unspecified atom stereocenters. The third-order valence-electron chi connectivity index (χ3n) is 2.85.